The number of azide groups is 1. The Balaban J connectivity index is 0.883. The molecule has 0 bridgehead atoms. The molecule has 5 nitrogen and oxygen atoms in total. The third kappa shape index (κ3) is 8.99. The van der Waals surface area contributed by atoms with Crippen LogP contribution in [-0.2, 0) is 11.0 Å². The number of nitrogens with zero attached hydrogens (tertiary/aromatic N) is 5. The second kappa shape index (κ2) is 21.3. The van der Waals surface area contributed by atoms with Gasteiger partial charge in [-0.2, -0.15) is 0 Å². The SMILES string of the molecule is Cc1ccc(N(c2ccc(C)cc2)c2ccc(N(c3ccc(C)cc3)c3ccc(-c4ccc5c(c4)C(c4ccc(C)cc4)(c4ccc(C)cc4)c4cc(-c6ccc7c(c6)C(N=[N+]=[N-])(c6ccc(C)cc6)c6cc(C)ccc6-7)ccc4-5)cc3)cc2)cc1. The van der Waals surface area contributed by atoms with E-state index in [2.05, 4.69) is 330 Å². The predicted octanol–water partition coefficient (Wildman–Crippen LogP) is 22.1. The predicted molar refractivity (Wildman–Crippen MR) is 358 cm³/mol. The van der Waals surface area contributed by atoms with E-state index in [1.165, 1.54) is 61.2 Å². The van der Waals surface area contributed by atoms with Crippen LogP contribution in [0.2, 0.25) is 0 Å². The molecule has 0 spiro atoms. The van der Waals surface area contributed by atoms with Gasteiger partial charge in [0.05, 0.1) is 5.41 Å². The molecular weight excluding hydrogens is 1040 g/mol. The monoisotopic (exact) mass is 1110 g/mol. The molecule has 12 aromatic rings. The first-order valence-corrected chi connectivity index (χ1v) is 29.7. The third-order valence-corrected chi connectivity index (χ3v) is 18.1. The Morgan fingerprint density at radius 1 is 0.267 bits per heavy atom. The van der Waals surface area contributed by atoms with Crippen molar-refractivity contribution in [2.45, 2.75) is 59.4 Å². The summed E-state index contributed by atoms with van der Waals surface area (Å²) in [7, 11) is 0. The molecule has 0 aliphatic heterocycles. The van der Waals surface area contributed by atoms with E-state index >= 15 is 0 Å². The third-order valence-electron chi connectivity index (χ3n) is 18.1. The molecule has 14 rings (SSSR count). The highest BCUT2D eigenvalue weighted by molar-refractivity contribution is 5.92. The Kier molecular flexibility index (Phi) is 13.3. The molecule has 0 fully saturated rings. The van der Waals surface area contributed by atoms with Crippen molar-refractivity contribution in [2.75, 3.05) is 9.80 Å². The zero-order valence-electron chi connectivity index (χ0n) is 49.6. The van der Waals surface area contributed by atoms with Gasteiger partial charge in [0.2, 0.25) is 0 Å². The van der Waals surface area contributed by atoms with E-state index in [0.717, 1.165) is 95.3 Å². The highest BCUT2D eigenvalue weighted by Crippen LogP contribution is 2.59. The van der Waals surface area contributed by atoms with Crippen molar-refractivity contribution in [3.05, 3.63) is 355 Å². The van der Waals surface area contributed by atoms with E-state index in [0.29, 0.717) is 0 Å². The van der Waals surface area contributed by atoms with Gasteiger partial charge in [-0.1, -0.05) is 220 Å². The zero-order chi connectivity index (χ0) is 58.8. The van der Waals surface area contributed by atoms with Gasteiger partial charge >= 0.3 is 0 Å². The highest BCUT2D eigenvalue weighted by Gasteiger charge is 2.48. The van der Waals surface area contributed by atoms with E-state index in [1.54, 1.807) is 0 Å². The first-order chi connectivity index (χ1) is 41.9. The fraction of sp³-hybridized carbons (Fsp3) is 0.111. The summed E-state index contributed by atoms with van der Waals surface area (Å²) in [6.07, 6.45) is 0. The molecule has 2 aliphatic carbocycles. The topological polar surface area (TPSA) is 55.2 Å². The lowest BCUT2D eigenvalue weighted by Crippen LogP contribution is -2.28. The molecule has 0 amide bonds. The summed E-state index contributed by atoms with van der Waals surface area (Å²) in [5, 5.41) is 4.80. The number of fused-ring (bicyclic) bond motifs is 6. The smallest absolute Gasteiger partial charge is 0.125 e. The van der Waals surface area contributed by atoms with E-state index < -0.39 is 11.0 Å². The average molecular weight is 1110 g/mol. The Morgan fingerprint density at radius 3 is 0.895 bits per heavy atom. The van der Waals surface area contributed by atoms with Gasteiger partial charge in [-0.15, -0.1) is 0 Å². The standard InChI is InChI=1S/C81H65N5/c1-52-8-26-63(27-9-52)80(64-28-10-53(2)11-29-64)76-49-60(23-45-72(76)73-46-24-61(50-77(73)80)62-25-47-75-74-44-20-58(7)48-78(74)81(83-84-82,79(75)51-62)65-30-12-54(3)13-31-65)59-21-38-69(39-22-59)86(68-36-18-57(6)19-37-68)71-42-40-70(41-43-71)85(66-32-14-55(4)15-33-66)67-34-16-56(5)17-35-67/h8-51H,1-7H3. The minimum atomic E-state index is -1.05. The van der Waals surface area contributed by atoms with Crippen molar-refractivity contribution in [1.82, 2.24) is 0 Å². The van der Waals surface area contributed by atoms with E-state index in [4.69, 9.17) is 5.11 Å². The molecule has 2 aliphatic rings. The molecule has 0 heterocycles. The minimum Gasteiger partial charge on any atom is -0.311 e. The Hall–Kier alpha value is -10.5. The maximum atomic E-state index is 10.5. The van der Waals surface area contributed by atoms with Crippen molar-refractivity contribution < 1.29 is 0 Å². The maximum Gasteiger partial charge on any atom is 0.125 e. The van der Waals surface area contributed by atoms with Crippen LogP contribution < -0.4 is 9.80 Å². The summed E-state index contributed by atoms with van der Waals surface area (Å²) in [6, 6.07) is 98.7. The van der Waals surface area contributed by atoms with E-state index in [-0.39, 0.29) is 0 Å². The van der Waals surface area contributed by atoms with Crippen LogP contribution in [0.1, 0.15) is 77.9 Å². The summed E-state index contributed by atoms with van der Waals surface area (Å²) >= 11 is 0. The summed E-state index contributed by atoms with van der Waals surface area (Å²) in [6.45, 7) is 14.9. The molecule has 0 saturated carbocycles. The molecule has 0 saturated heterocycles. The minimum absolute atomic E-state index is 0.678. The molecular formula is C81H65N5. The molecule has 0 radical (unpaired) electrons. The molecule has 0 aromatic heterocycles. The van der Waals surface area contributed by atoms with Gasteiger partial charge in [-0.25, -0.2) is 0 Å². The fourth-order valence-electron chi connectivity index (χ4n) is 13.5. The summed E-state index contributed by atoms with van der Waals surface area (Å²) in [5.74, 6) is 0. The fourth-order valence-corrected chi connectivity index (χ4v) is 13.5. The van der Waals surface area contributed by atoms with Gasteiger partial charge in [0.1, 0.15) is 5.54 Å². The summed E-state index contributed by atoms with van der Waals surface area (Å²) < 4.78 is 0. The first kappa shape index (κ1) is 53.5. The van der Waals surface area contributed by atoms with Gasteiger partial charge in [0.25, 0.3) is 0 Å². The normalized spacial score (nSPS) is 14.1. The number of hydrogen-bond acceptors (Lipinski definition) is 3. The Bertz CT molecular complexity index is 4500. The van der Waals surface area contributed by atoms with Crippen LogP contribution in [-0.4, -0.2) is 0 Å². The van der Waals surface area contributed by atoms with Crippen molar-refractivity contribution in [2.24, 2.45) is 5.11 Å². The highest BCUT2D eigenvalue weighted by atomic mass is 15.2. The lowest BCUT2D eigenvalue weighted by molar-refractivity contribution is 0.665. The van der Waals surface area contributed by atoms with Crippen molar-refractivity contribution >= 4 is 34.1 Å². The number of rotatable bonds is 12. The van der Waals surface area contributed by atoms with Crippen LogP contribution in [0.15, 0.2) is 272 Å². The number of anilines is 6. The van der Waals surface area contributed by atoms with Crippen LogP contribution in [0.3, 0.4) is 0 Å². The Morgan fingerprint density at radius 2 is 0.523 bits per heavy atom. The first-order valence-electron chi connectivity index (χ1n) is 29.7. The Labute approximate surface area is 505 Å². The molecule has 12 aromatic carbocycles. The quantitative estimate of drug-likeness (QED) is 0.0695. The molecule has 1 unspecified atom stereocenters. The maximum absolute atomic E-state index is 10.5. The lowest BCUT2D eigenvalue weighted by atomic mass is 9.67. The summed E-state index contributed by atoms with van der Waals surface area (Å²) in [4.78, 5) is 8.28. The van der Waals surface area contributed by atoms with Gasteiger partial charge < -0.3 is 9.80 Å². The summed E-state index contributed by atoms with van der Waals surface area (Å²) in [5.41, 5.74) is 40.5. The van der Waals surface area contributed by atoms with Gasteiger partial charge in [-0.05, 0) is 228 Å². The van der Waals surface area contributed by atoms with Crippen LogP contribution in [0.25, 0.3) is 55.0 Å². The van der Waals surface area contributed by atoms with Gasteiger partial charge in [-0.3, -0.25) is 0 Å². The van der Waals surface area contributed by atoms with Crippen molar-refractivity contribution in [1.29, 1.82) is 0 Å². The molecule has 414 valence electrons. The molecule has 0 N–H and O–H groups in total. The number of hydrogen-bond donors (Lipinski definition) is 0. The van der Waals surface area contributed by atoms with Crippen LogP contribution in [0, 0.1) is 48.5 Å². The van der Waals surface area contributed by atoms with Gasteiger partial charge in [0.15, 0.2) is 0 Å². The van der Waals surface area contributed by atoms with E-state index in [1.807, 2.05) is 0 Å². The number of benzene rings is 12. The van der Waals surface area contributed by atoms with Crippen LogP contribution >= 0.6 is 0 Å². The molecule has 86 heavy (non-hydrogen) atoms. The second-order valence-corrected chi connectivity index (χ2v) is 23.8. The second-order valence-electron chi connectivity index (χ2n) is 23.8. The van der Waals surface area contributed by atoms with Crippen LogP contribution in [0.5, 0.6) is 0 Å². The number of aryl methyl sites for hydroxylation is 7. The van der Waals surface area contributed by atoms with Gasteiger partial charge in [0, 0.05) is 39.0 Å². The average Bonchev–Trinajstić information content (AvgIpc) is 1.55. The van der Waals surface area contributed by atoms with Crippen molar-refractivity contribution in [3.8, 4) is 44.5 Å². The molecule has 1 atom stereocenters. The lowest BCUT2D eigenvalue weighted by Gasteiger charge is -2.34. The molecule has 5 heteroatoms. The van der Waals surface area contributed by atoms with E-state index in [9.17, 15) is 5.53 Å². The largest absolute Gasteiger partial charge is 0.311 e. The zero-order valence-corrected chi connectivity index (χ0v) is 49.6. The van der Waals surface area contributed by atoms with Crippen molar-refractivity contribution in [3.63, 3.8) is 0 Å². The van der Waals surface area contributed by atoms with Crippen LogP contribution in [0.4, 0.5) is 34.1 Å².